The molecule has 7 nitrogen and oxygen atoms in total. The Labute approximate surface area is 199 Å². The number of halogens is 2. The minimum atomic E-state index is -0.438. The molecule has 0 unspecified atom stereocenters. The number of anilines is 1. The van der Waals surface area contributed by atoms with Crippen LogP contribution in [0.1, 0.15) is 18.9 Å². The number of hydrogen-bond acceptors (Lipinski definition) is 6. The molecule has 168 valence electrons. The molecule has 0 N–H and O–H groups in total. The van der Waals surface area contributed by atoms with Crippen LogP contribution in [0.15, 0.2) is 47.6 Å². The van der Waals surface area contributed by atoms with Crippen LogP contribution in [0.3, 0.4) is 0 Å². The van der Waals surface area contributed by atoms with Crippen LogP contribution >= 0.6 is 23.2 Å². The van der Waals surface area contributed by atoms with Gasteiger partial charge in [0.15, 0.2) is 0 Å². The Bertz CT molecular complexity index is 1240. The summed E-state index contributed by atoms with van der Waals surface area (Å²) >= 11 is 12.5. The highest BCUT2D eigenvalue weighted by molar-refractivity contribution is 6.37. The van der Waals surface area contributed by atoms with Gasteiger partial charge in [-0.25, -0.2) is 0 Å². The fraction of sp³-hybridized carbons (Fsp3) is 0.333. The van der Waals surface area contributed by atoms with Gasteiger partial charge in [0.2, 0.25) is 11.8 Å². The monoisotopic (exact) mass is 484 g/mol. The molecule has 6 rings (SSSR count). The largest absolute Gasteiger partial charge is 0.427 e. The van der Waals surface area contributed by atoms with Gasteiger partial charge in [-0.05, 0) is 48.7 Å². The van der Waals surface area contributed by atoms with Gasteiger partial charge in [-0.15, -0.1) is 0 Å². The molecule has 6 atom stereocenters. The molecule has 2 amide bonds. The van der Waals surface area contributed by atoms with E-state index in [1.165, 1.54) is 11.8 Å². The Morgan fingerprint density at radius 2 is 1.73 bits per heavy atom. The second kappa shape index (κ2) is 7.30. The summed E-state index contributed by atoms with van der Waals surface area (Å²) in [7, 11) is 0. The number of ether oxygens (including phenoxy) is 1. The van der Waals surface area contributed by atoms with Crippen molar-refractivity contribution in [2.24, 2.45) is 34.7 Å². The lowest BCUT2D eigenvalue weighted by atomic mass is 9.71. The van der Waals surface area contributed by atoms with Crippen molar-refractivity contribution in [3.8, 4) is 5.75 Å². The number of nitrogens with zero attached hydrogens (tertiary/aromatic N) is 2. The van der Waals surface area contributed by atoms with Crippen molar-refractivity contribution < 1.29 is 24.0 Å². The van der Waals surface area contributed by atoms with Crippen LogP contribution in [0.4, 0.5) is 5.69 Å². The third-order valence-electron chi connectivity index (χ3n) is 7.25. The summed E-state index contributed by atoms with van der Waals surface area (Å²) in [5.41, 5.74) is 1.93. The maximum absolute atomic E-state index is 13.5. The standard InChI is InChI=1S/C24H18Cl2N2O5/c1-10(29)32-13-5-3-12(4-6-13)28-23(30)18-15-9-16(19(18)24(28)31)22-20(15)21(27-33-22)14-7-2-11(25)8-17(14)26/h2-8,15-16,18-20,22H,9H2,1H3/t15-,16+,18-,19+,20+,22-/m1/s1. The van der Waals surface area contributed by atoms with Crippen LogP contribution < -0.4 is 9.64 Å². The molecule has 0 radical (unpaired) electrons. The zero-order valence-corrected chi connectivity index (χ0v) is 18.9. The van der Waals surface area contributed by atoms with E-state index < -0.39 is 17.8 Å². The Morgan fingerprint density at radius 1 is 1.03 bits per heavy atom. The van der Waals surface area contributed by atoms with Crippen molar-refractivity contribution in [2.45, 2.75) is 19.4 Å². The summed E-state index contributed by atoms with van der Waals surface area (Å²) in [5.74, 6) is -1.58. The molecule has 2 bridgehead atoms. The minimum Gasteiger partial charge on any atom is -0.427 e. The molecule has 0 spiro atoms. The number of hydrogen-bond donors (Lipinski definition) is 0. The van der Waals surface area contributed by atoms with Crippen LogP contribution in [0.25, 0.3) is 0 Å². The van der Waals surface area contributed by atoms with Crippen molar-refractivity contribution in [1.82, 2.24) is 0 Å². The van der Waals surface area contributed by atoms with Gasteiger partial charge in [0.05, 0.1) is 28.3 Å². The van der Waals surface area contributed by atoms with E-state index in [4.69, 9.17) is 32.8 Å². The fourth-order valence-corrected chi connectivity index (χ4v) is 6.63. The highest BCUT2D eigenvalue weighted by atomic mass is 35.5. The van der Waals surface area contributed by atoms with Gasteiger partial charge in [0.25, 0.3) is 0 Å². The van der Waals surface area contributed by atoms with Crippen molar-refractivity contribution in [3.63, 3.8) is 0 Å². The number of imide groups is 1. The van der Waals surface area contributed by atoms with Gasteiger partial charge in [-0.3, -0.25) is 19.3 Å². The number of fused-ring (bicyclic) bond motifs is 8. The molecule has 2 saturated carbocycles. The predicted octanol–water partition coefficient (Wildman–Crippen LogP) is 4.09. The third kappa shape index (κ3) is 2.95. The molecule has 2 aliphatic carbocycles. The van der Waals surface area contributed by atoms with E-state index >= 15 is 0 Å². The summed E-state index contributed by atoms with van der Waals surface area (Å²) < 4.78 is 5.05. The number of oxime groups is 1. The van der Waals surface area contributed by atoms with Crippen molar-refractivity contribution in [1.29, 1.82) is 0 Å². The first-order valence-corrected chi connectivity index (χ1v) is 11.5. The lowest BCUT2D eigenvalue weighted by Crippen LogP contribution is -2.41. The molecule has 2 heterocycles. The first kappa shape index (κ1) is 20.7. The summed E-state index contributed by atoms with van der Waals surface area (Å²) in [6, 6.07) is 11.6. The molecule has 1 saturated heterocycles. The van der Waals surface area contributed by atoms with Gasteiger partial charge in [-0.2, -0.15) is 0 Å². The van der Waals surface area contributed by atoms with E-state index in [1.54, 1.807) is 36.4 Å². The smallest absolute Gasteiger partial charge is 0.308 e. The maximum Gasteiger partial charge on any atom is 0.308 e. The number of amides is 2. The number of rotatable bonds is 3. The molecule has 9 heteroatoms. The van der Waals surface area contributed by atoms with E-state index in [2.05, 4.69) is 5.16 Å². The van der Waals surface area contributed by atoms with Crippen molar-refractivity contribution in [3.05, 3.63) is 58.1 Å². The van der Waals surface area contributed by atoms with Crippen LogP contribution in [-0.4, -0.2) is 29.6 Å². The normalized spacial score (nSPS) is 31.4. The van der Waals surface area contributed by atoms with Gasteiger partial charge in [-0.1, -0.05) is 34.4 Å². The molecule has 33 heavy (non-hydrogen) atoms. The van der Waals surface area contributed by atoms with Crippen molar-refractivity contribution in [2.75, 3.05) is 4.90 Å². The topological polar surface area (TPSA) is 85.3 Å². The quantitative estimate of drug-likeness (QED) is 0.372. The molecular formula is C24H18Cl2N2O5. The number of carbonyl (C=O) groups excluding carboxylic acids is 3. The van der Waals surface area contributed by atoms with Gasteiger partial charge >= 0.3 is 5.97 Å². The van der Waals surface area contributed by atoms with Crippen LogP contribution in [0.5, 0.6) is 5.75 Å². The minimum absolute atomic E-state index is 0.0558. The molecule has 2 aromatic rings. The molecule has 2 aromatic carbocycles. The highest BCUT2D eigenvalue weighted by Crippen LogP contribution is 2.62. The van der Waals surface area contributed by atoms with Crippen molar-refractivity contribution >= 4 is 52.4 Å². The Kier molecular flexibility index (Phi) is 4.58. The molecule has 3 fully saturated rings. The Morgan fingerprint density at radius 3 is 2.39 bits per heavy atom. The number of esters is 1. The van der Waals surface area contributed by atoms with Crippen LogP contribution in [-0.2, 0) is 19.2 Å². The van der Waals surface area contributed by atoms with E-state index in [9.17, 15) is 14.4 Å². The third-order valence-corrected chi connectivity index (χ3v) is 7.80. The van der Waals surface area contributed by atoms with E-state index in [-0.39, 0.29) is 35.7 Å². The molecule has 2 aliphatic heterocycles. The lowest BCUT2D eigenvalue weighted by molar-refractivity contribution is -0.132. The molecule has 0 aromatic heterocycles. The van der Waals surface area contributed by atoms with E-state index in [1.807, 2.05) is 6.07 Å². The van der Waals surface area contributed by atoms with Gasteiger partial charge in [0, 0.05) is 29.3 Å². The van der Waals surface area contributed by atoms with Gasteiger partial charge in [0.1, 0.15) is 11.9 Å². The Balaban J connectivity index is 1.30. The maximum atomic E-state index is 13.5. The average molecular weight is 485 g/mol. The lowest BCUT2D eigenvalue weighted by Gasteiger charge is -2.30. The summed E-state index contributed by atoms with van der Waals surface area (Å²) in [6.07, 6.45) is 0.493. The summed E-state index contributed by atoms with van der Waals surface area (Å²) in [6.45, 7) is 1.31. The average Bonchev–Trinajstić information content (AvgIpc) is 3.49. The van der Waals surface area contributed by atoms with E-state index in [0.29, 0.717) is 21.5 Å². The summed E-state index contributed by atoms with van der Waals surface area (Å²) in [5, 5.41) is 5.33. The second-order valence-corrected chi connectivity index (χ2v) is 9.75. The predicted molar refractivity (Wildman–Crippen MR) is 120 cm³/mol. The summed E-state index contributed by atoms with van der Waals surface area (Å²) in [4.78, 5) is 45.1. The SMILES string of the molecule is CC(=O)Oc1ccc(N2C(=O)[C@@H]3[C@H]4C[C@H]([C@H]5ON=C(c6ccc(Cl)cc6Cl)[C@H]45)[C@@H]3C2=O)cc1. The number of benzene rings is 2. The zero-order valence-electron chi connectivity index (χ0n) is 17.4. The molecule has 4 aliphatic rings. The van der Waals surface area contributed by atoms with E-state index in [0.717, 1.165) is 17.7 Å². The second-order valence-electron chi connectivity index (χ2n) is 8.91. The Hall–Kier alpha value is -2.90. The zero-order chi connectivity index (χ0) is 23.0. The molecular weight excluding hydrogens is 467 g/mol. The fourth-order valence-electron chi connectivity index (χ4n) is 6.13. The highest BCUT2D eigenvalue weighted by Gasteiger charge is 2.70. The van der Waals surface area contributed by atoms with Gasteiger partial charge < -0.3 is 9.57 Å². The first-order chi connectivity index (χ1) is 15.8. The van der Waals surface area contributed by atoms with Crippen LogP contribution in [0.2, 0.25) is 10.0 Å². The first-order valence-electron chi connectivity index (χ1n) is 10.7. The van der Waals surface area contributed by atoms with Crippen LogP contribution in [0, 0.1) is 29.6 Å². The number of carbonyl (C=O) groups is 3.